The number of carbonyl (C=O) groups is 1. The van der Waals surface area contributed by atoms with E-state index in [1.54, 1.807) is 7.05 Å². The molecule has 72 valence electrons. The van der Waals surface area contributed by atoms with Crippen LogP contribution in [-0.4, -0.2) is 37.3 Å². The molecule has 12 heavy (non-hydrogen) atoms. The number of aliphatic hydroxyl groups excluding tert-OH is 1. The molecule has 0 aromatic rings. The van der Waals surface area contributed by atoms with E-state index in [2.05, 4.69) is 10.6 Å². The Kier molecular flexibility index (Phi) is 6.70. The molecule has 1 unspecified atom stereocenters. The highest BCUT2D eigenvalue weighted by Gasteiger charge is 2.07. The van der Waals surface area contributed by atoms with Gasteiger partial charge >= 0.3 is 0 Å². The summed E-state index contributed by atoms with van der Waals surface area (Å²) in [7, 11) is 1.80. The van der Waals surface area contributed by atoms with Crippen molar-refractivity contribution in [1.29, 1.82) is 0 Å². The second-order valence-corrected chi connectivity index (χ2v) is 2.71. The van der Waals surface area contributed by atoms with Gasteiger partial charge in [-0.25, -0.2) is 0 Å². The van der Waals surface area contributed by atoms with E-state index in [1.165, 1.54) is 0 Å². The zero-order valence-corrected chi connectivity index (χ0v) is 7.76. The zero-order chi connectivity index (χ0) is 9.40. The third kappa shape index (κ3) is 5.09. The van der Waals surface area contributed by atoms with Crippen molar-refractivity contribution in [2.75, 3.05) is 20.2 Å². The molecular weight excluding hydrogens is 156 g/mol. The van der Waals surface area contributed by atoms with Gasteiger partial charge in [0.05, 0.1) is 12.6 Å². The maximum atomic E-state index is 11.1. The van der Waals surface area contributed by atoms with E-state index in [1.807, 2.05) is 6.92 Å². The molecule has 3 N–H and O–H groups in total. The molecule has 0 spiro atoms. The molecule has 0 saturated heterocycles. The lowest BCUT2D eigenvalue weighted by Crippen LogP contribution is -2.37. The van der Waals surface area contributed by atoms with Gasteiger partial charge < -0.3 is 15.7 Å². The van der Waals surface area contributed by atoms with Crippen molar-refractivity contribution >= 4 is 5.91 Å². The van der Waals surface area contributed by atoms with Crippen LogP contribution in [0, 0.1) is 0 Å². The number of hydrogen-bond donors (Lipinski definition) is 3. The van der Waals surface area contributed by atoms with E-state index in [9.17, 15) is 4.79 Å². The number of amides is 1. The summed E-state index contributed by atoms with van der Waals surface area (Å²) in [4.78, 5) is 11.1. The van der Waals surface area contributed by atoms with Crippen LogP contribution in [0.3, 0.4) is 0 Å². The largest absolute Gasteiger partial charge is 0.394 e. The van der Waals surface area contributed by atoms with Gasteiger partial charge in [-0.1, -0.05) is 6.92 Å². The summed E-state index contributed by atoms with van der Waals surface area (Å²) in [5.74, 6) is -0.00903. The van der Waals surface area contributed by atoms with Crippen molar-refractivity contribution in [3.8, 4) is 0 Å². The van der Waals surface area contributed by atoms with Crippen molar-refractivity contribution in [3.63, 3.8) is 0 Å². The van der Waals surface area contributed by atoms with E-state index in [0.29, 0.717) is 13.0 Å². The van der Waals surface area contributed by atoms with Gasteiger partial charge in [0.15, 0.2) is 0 Å². The Morgan fingerprint density at radius 2 is 2.25 bits per heavy atom. The van der Waals surface area contributed by atoms with Crippen LogP contribution in [0.2, 0.25) is 0 Å². The fourth-order valence-corrected chi connectivity index (χ4v) is 0.815. The summed E-state index contributed by atoms with van der Waals surface area (Å²) in [5.41, 5.74) is 0. The second kappa shape index (κ2) is 7.06. The molecule has 0 fully saturated rings. The minimum Gasteiger partial charge on any atom is -0.394 e. The number of nitrogens with one attached hydrogen (secondary N) is 2. The van der Waals surface area contributed by atoms with Crippen molar-refractivity contribution in [1.82, 2.24) is 10.6 Å². The van der Waals surface area contributed by atoms with Crippen LogP contribution in [0.15, 0.2) is 0 Å². The number of rotatable bonds is 6. The molecular formula is C8H18N2O2. The summed E-state index contributed by atoms with van der Waals surface area (Å²) < 4.78 is 0. The molecule has 0 bridgehead atoms. The minimum absolute atomic E-state index is 0.00903. The molecule has 0 radical (unpaired) electrons. The normalized spacial score (nSPS) is 12.6. The fraction of sp³-hybridized carbons (Fsp3) is 0.875. The zero-order valence-electron chi connectivity index (χ0n) is 7.76. The van der Waals surface area contributed by atoms with Gasteiger partial charge in [0.2, 0.25) is 5.91 Å². The molecule has 4 nitrogen and oxygen atoms in total. The van der Waals surface area contributed by atoms with Gasteiger partial charge in [0.1, 0.15) is 0 Å². The van der Waals surface area contributed by atoms with Crippen LogP contribution in [0.25, 0.3) is 0 Å². The third-order valence-electron chi connectivity index (χ3n) is 1.68. The minimum atomic E-state index is -0.0886. The van der Waals surface area contributed by atoms with Crippen LogP contribution in [-0.2, 0) is 4.79 Å². The maximum Gasteiger partial charge on any atom is 0.221 e. The van der Waals surface area contributed by atoms with Crippen LogP contribution in [0.1, 0.15) is 19.8 Å². The Hall–Kier alpha value is -0.610. The van der Waals surface area contributed by atoms with Gasteiger partial charge in [-0.2, -0.15) is 0 Å². The quantitative estimate of drug-likeness (QED) is 0.508. The monoisotopic (exact) mass is 174 g/mol. The topological polar surface area (TPSA) is 61.4 Å². The first-order valence-electron chi connectivity index (χ1n) is 4.29. The van der Waals surface area contributed by atoms with Crippen molar-refractivity contribution in [2.45, 2.75) is 25.8 Å². The average Bonchev–Trinajstić information content (AvgIpc) is 2.10. The molecule has 0 aromatic heterocycles. The van der Waals surface area contributed by atoms with Gasteiger partial charge in [-0.15, -0.1) is 0 Å². The Labute approximate surface area is 73.3 Å². The summed E-state index contributed by atoms with van der Waals surface area (Å²) in [6.45, 7) is 2.62. The Morgan fingerprint density at radius 1 is 1.58 bits per heavy atom. The van der Waals surface area contributed by atoms with E-state index in [4.69, 9.17) is 5.11 Å². The Balaban J connectivity index is 3.52. The highest BCUT2D eigenvalue weighted by Crippen LogP contribution is 1.89. The van der Waals surface area contributed by atoms with Gasteiger partial charge in [-0.05, 0) is 13.5 Å². The van der Waals surface area contributed by atoms with E-state index in [0.717, 1.165) is 6.42 Å². The molecule has 0 aliphatic carbocycles. The number of carbonyl (C=O) groups excluding carboxylic acids is 1. The van der Waals surface area contributed by atoms with Crippen LogP contribution < -0.4 is 10.6 Å². The smallest absolute Gasteiger partial charge is 0.221 e. The SMILES string of the molecule is CCC(CO)NC(=O)CCNC. The Bertz CT molecular complexity index is 124. The molecule has 0 rings (SSSR count). The molecule has 0 saturated carbocycles. The van der Waals surface area contributed by atoms with Crippen molar-refractivity contribution < 1.29 is 9.90 Å². The molecule has 0 aliphatic rings. The summed E-state index contributed by atoms with van der Waals surface area (Å²) in [6.07, 6.45) is 1.23. The molecule has 4 heteroatoms. The van der Waals surface area contributed by atoms with E-state index in [-0.39, 0.29) is 18.6 Å². The lowest BCUT2D eigenvalue weighted by molar-refractivity contribution is -0.122. The average molecular weight is 174 g/mol. The third-order valence-corrected chi connectivity index (χ3v) is 1.68. The van der Waals surface area contributed by atoms with Gasteiger partial charge in [0.25, 0.3) is 0 Å². The molecule has 0 aliphatic heterocycles. The first-order valence-corrected chi connectivity index (χ1v) is 4.29. The second-order valence-electron chi connectivity index (χ2n) is 2.71. The molecule has 0 aromatic carbocycles. The molecule has 1 atom stereocenters. The molecule has 0 heterocycles. The van der Waals surface area contributed by atoms with Gasteiger partial charge in [-0.3, -0.25) is 4.79 Å². The van der Waals surface area contributed by atoms with Crippen LogP contribution in [0.4, 0.5) is 0 Å². The summed E-state index contributed by atoms with van der Waals surface area (Å²) >= 11 is 0. The van der Waals surface area contributed by atoms with E-state index >= 15 is 0 Å². The predicted molar refractivity (Wildman–Crippen MR) is 47.9 cm³/mol. The highest BCUT2D eigenvalue weighted by molar-refractivity contribution is 5.76. The number of aliphatic hydroxyl groups is 1. The van der Waals surface area contributed by atoms with Gasteiger partial charge in [0, 0.05) is 13.0 Å². The summed E-state index contributed by atoms with van der Waals surface area (Å²) in [6, 6.07) is -0.0886. The lowest BCUT2D eigenvalue weighted by atomic mass is 10.2. The summed E-state index contributed by atoms with van der Waals surface area (Å²) in [5, 5.41) is 14.4. The Morgan fingerprint density at radius 3 is 2.67 bits per heavy atom. The fourth-order valence-electron chi connectivity index (χ4n) is 0.815. The molecule has 1 amide bonds. The highest BCUT2D eigenvalue weighted by atomic mass is 16.3. The van der Waals surface area contributed by atoms with Crippen LogP contribution in [0.5, 0.6) is 0 Å². The standard InChI is InChI=1S/C8H18N2O2/c1-3-7(6-11)10-8(12)4-5-9-2/h7,9,11H,3-6H2,1-2H3,(H,10,12). The van der Waals surface area contributed by atoms with Crippen LogP contribution >= 0.6 is 0 Å². The predicted octanol–water partition coefficient (Wildman–Crippen LogP) is -0.517. The van der Waals surface area contributed by atoms with E-state index < -0.39 is 0 Å². The lowest BCUT2D eigenvalue weighted by Gasteiger charge is -2.13. The first kappa shape index (κ1) is 11.4. The van der Waals surface area contributed by atoms with Crippen molar-refractivity contribution in [3.05, 3.63) is 0 Å². The number of hydrogen-bond acceptors (Lipinski definition) is 3. The first-order chi connectivity index (χ1) is 5.74. The van der Waals surface area contributed by atoms with Crippen molar-refractivity contribution in [2.24, 2.45) is 0 Å². The maximum absolute atomic E-state index is 11.1.